The Labute approximate surface area is 103 Å². The summed E-state index contributed by atoms with van der Waals surface area (Å²) in [5.41, 5.74) is 2.04. The van der Waals surface area contributed by atoms with Gasteiger partial charge >= 0.3 is 0 Å². The Morgan fingerprint density at radius 2 is 2.29 bits per heavy atom. The quantitative estimate of drug-likeness (QED) is 0.770. The fourth-order valence-corrected chi connectivity index (χ4v) is 2.28. The summed E-state index contributed by atoms with van der Waals surface area (Å²) >= 11 is 1.73. The third-order valence-corrected chi connectivity index (χ3v) is 3.36. The minimum atomic E-state index is 0.670. The van der Waals surface area contributed by atoms with Crippen molar-refractivity contribution in [3.05, 3.63) is 46.3 Å². The number of pyridine rings is 1. The van der Waals surface area contributed by atoms with E-state index in [9.17, 15) is 0 Å². The molecule has 17 heavy (non-hydrogen) atoms. The highest BCUT2D eigenvalue weighted by molar-refractivity contribution is 7.09. The van der Waals surface area contributed by atoms with Crippen LogP contribution in [0.5, 0.6) is 0 Å². The number of rotatable bonds is 3. The van der Waals surface area contributed by atoms with Crippen molar-refractivity contribution < 1.29 is 0 Å². The van der Waals surface area contributed by atoms with Gasteiger partial charge in [-0.1, -0.05) is 12.1 Å². The van der Waals surface area contributed by atoms with Crippen LogP contribution in [0.25, 0.3) is 5.65 Å². The highest BCUT2D eigenvalue weighted by atomic mass is 32.1. The predicted octanol–water partition coefficient (Wildman–Crippen LogP) is 2.71. The number of aryl methyl sites for hydroxylation is 1. The molecular weight excluding hydrogens is 232 g/mol. The lowest BCUT2D eigenvalue weighted by molar-refractivity contribution is 0.944. The first kappa shape index (κ1) is 10.3. The van der Waals surface area contributed by atoms with Gasteiger partial charge in [0.25, 0.3) is 0 Å². The number of nitrogens with one attached hydrogen (secondary N) is 1. The summed E-state index contributed by atoms with van der Waals surface area (Å²) in [6, 6.07) is 8.14. The summed E-state index contributed by atoms with van der Waals surface area (Å²) < 4.78 is 1.80. The smallest absolute Gasteiger partial charge is 0.243 e. The molecule has 3 aromatic rings. The first-order chi connectivity index (χ1) is 8.31. The van der Waals surface area contributed by atoms with Crippen LogP contribution in [0, 0.1) is 6.92 Å². The van der Waals surface area contributed by atoms with Crippen LogP contribution in [-0.4, -0.2) is 14.6 Å². The van der Waals surface area contributed by atoms with Gasteiger partial charge < -0.3 is 5.32 Å². The van der Waals surface area contributed by atoms with E-state index in [4.69, 9.17) is 0 Å². The summed E-state index contributed by atoms with van der Waals surface area (Å²) in [6.07, 6.45) is 1.97. The highest BCUT2D eigenvalue weighted by Gasteiger charge is 2.03. The summed E-state index contributed by atoms with van der Waals surface area (Å²) in [5.74, 6) is 0.670. The normalized spacial score (nSPS) is 10.9. The zero-order valence-electron chi connectivity index (χ0n) is 9.42. The van der Waals surface area contributed by atoms with E-state index in [1.807, 2.05) is 31.3 Å². The van der Waals surface area contributed by atoms with Gasteiger partial charge in [-0.05, 0) is 30.0 Å². The summed E-state index contributed by atoms with van der Waals surface area (Å²) in [7, 11) is 0. The van der Waals surface area contributed by atoms with E-state index in [1.165, 1.54) is 10.4 Å². The maximum atomic E-state index is 4.40. The van der Waals surface area contributed by atoms with Crippen LogP contribution in [-0.2, 0) is 6.54 Å². The molecule has 0 fully saturated rings. The Hall–Kier alpha value is -1.88. The van der Waals surface area contributed by atoms with Crippen molar-refractivity contribution in [2.24, 2.45) is 0 Å². The second-order valence-electron chi connectivity index (χ2n) is 3.88. The van der Waals surface area contributed by atoms with E-state index in [0.717, 1.165) is 12.2 Å². The Balaban J connectivity index is 1.81. The molecule has 0 saturated carbocycles. The molecular formula is C12H12N4S. The predicted molar refractivity (Wildman–Crippen MR) is 69.4 cm³/mol. The minimum Gasteiger partial charge on any atom is -0.348 e. The van der Waals surface area contributed by atoms with E-state index in [0.29, 0.717) is 5.95 Å². The fraction of sp³-hybridized carbons (Fsp3) is 0.167. The first-order valence-electron chi connectivity index (χ1n) is 5.40. The van der Waals surface area contributed by atoms with Gasteiger partial charge in [0.05, 0.1) is 6.54 Å². The molecule has 0 spiro atoms. The van der Waals surface area contributed by atoms with Crippen molar-refractivity contribution in [2.75, 3.05) is 5.32 Å². The summed E-state index contributed by atoms with van der Waals surface area (Å²) in [4.78, 5) is 5.68. The molecule has 0 unspecified atom stereocenters. The topological polar surface area (TPSA) is 42.2 Å². The number of anilines is 1. The molecule has 3 aromatic heterocycles. The van der Waals surface area contributed by atoms with E-state index in [2.05, 4.69) is 26.8 Å². The van der Waals surface area contributed by atoms with Gasteiger partial charge in [-0.3, -0.25) is 0 Å². The van der Waals surface area contributed by atoms with Crippen molar-refractivity contribution in [3.63, 3.8) is 0 Å². The van der Waals surface area contributed by atoms with Crippen LogP contribution in [0.3, 0.4) is 0 Å². The largest absolute Gasteiger partial charge is 0.348 e. The van der Waals surface area contributed by atoms with Crippen LogP contribution in [0.4, 0.5) is 5.95 Å². The minimum absolute atomic E-state index is 0.670. The number of aromatic nitrogens is 3. The van der Waals surface area contributed by atoms with Gasteiger partial charge in [0, 0.05) is 11.1 Å². The molecule has 0 atom stereocenters. The molecule has 5 heteroatoms. The lowest BCUT2D eigenvalue weighted by Crippen LogP contribution is -1.99. The van der Waals surface area contributed by atoms with Crippen molar-refractivity contribution in [2.45, 2.75) is 13.5 Å². The zero-order valence-corrected chi connectivity index (χ0v) is 10.2. The average molecular weight is 244 g/mol. The lowest BCUT2D eigenvalue weighted by atomic mass is 10.3. The second-order valence-corrected chi connectivity index (χ2v) is 4.91. The summed E-state index contributed by atoms with van der Waals surface area (Å²) in [5, 5.41) is 9.66. The van der Waals surface area contributed by atoms with Crippen LogP contribution in [0.2, 0.25) is 0 Å². The SMILES string of the molecule is Cc1ccc2nc(NCc3cccs3)nn2c1. The molecule has 86 valence electrons. The Morgan fingerprint density at radius 3 is 3.12 bits per heavy atom. The van der Waals surface area contributed by atoms with Crippen molar-refractivity contribution in [1.82, 2.24) is 14.6 Å². The van der Waals surface area contributed by atoms with Crippen LogP contribution in [0.15, 0.2) is 35.8 Å². The van der Waals surface area contributed by atoms with Crippen LogP contribution >= 0.6 is 11.3 Å². The molecule has 0 amide bonds. The monoisotopic (exact) mass is 244 g/mol. The van der Waals surface area contributed by atoms with Crippen molar-refractivity contribution in [3.8, 4) is 0 Å². The van der Waals surface area contributed by atoms with Gasteiger partial charge in [-0.2, -0.15) is 4.98 Å². The third-order valence-electron chi connectivity index (χ3n) is 2.48. The number of hydrogen-bond acceptors (Lipinski definition) is 4. The molecule has 0 aliphatic heterocycles. The van der Waals surface area contributed by atoms with Crippen LogP contribution < -0.4 is 5.32 Å². The Morgan fingerprint density at radius 1 is 1.35 bits per heavy atom. The zero-order chi connectivity index (χ0) is 11.7. The second kappa shape index (κ2) is 4.18. The van der Waals surface area contributed by atoms with Gasteiger partial charge in [0.1, 0.15) is 0 Å². The van der Waals surface area contributed by atoms with E-state index < -0.39 is 0 Å². The van der Waals surface area contributed by atoms with Gasteiger partial charge in [0.2, 0.25) is 5.95 Å². The van der Waals surface area contributed by atoms with E-state index >= 15 is 0 Å². The third kappa shape index (κ3) is 2.14. The standard InChI is InChI=1S/C12H12N4S/c1-9-4-5-11-14-12(15-16(11)8-9)13-7-10-3-2-6-17-10/h2-6,8H,7H2,1H3,(H,13,15). The maximum absolute atomic E-state index is 4.40. The van der Waals surface area contributed by atoms with E-state index in [1.54, 1.807) is 15.9 Å². The Kier molecular flexibility index (Phi) is 2.53. The fourth-order valence-electron chi connectivity index (χ4n) is 1.64. The number of thiophene rings is 1. The van der Waals surface area contributed by atoms with Gasteiger partial charge in [0.15, 0.2) is 5.65 Å². The molecule has 0 aliphatic carbocycles. The lowest BCUT2D eigenvalue weighted by Gasteiger charge is -1.96. The number of nitrogens with zero attached hydrogens (tertiary/aromatic N) is 3. The molecule has 0 radical (unpaired) electrons. The molecule has 1 N–H and O–H groups in total. The molecule has 0 aliphatic rings. The molecule has 0 aromatic carbocycles. The Bertz CT molecular complexity index is 627. The van der Waals surface area contributed by atoms with Crippen molar-refractivity contribution >= 4 is 22.9 Å². The average Bonchev–Trinajstić information content (AvgIpc) is 2.94. The molecule has 4 nitrogen and oxygen atoms in total. The van der Waals surface area contributed by atoms with Gasteiger partial charge in [-0.15, -0.1) is 16.4 Å². The number of fused-ring (bicyclic) bond motifs is 1. The summed E-state index contributed by atoms with van der Waals surface area (Å²) in [6.45, 7) is 2.81. The van der Waals surface area contributed by atoms with E-state index in [-0.39, 0.29) is 0 Å². The highest BCUT2D eigenvalue weighted by Crippen LogP contribution is 2.11. The van der Waals surface area contributed by atoms with Gasteiger partial charge in [-0.25, -0.2) is 4.52 Å². The van der Waals surface area contributed by atoms with Crippen LogP contribution in [0.1, 0.15) is 10.4 Å². The van der Waals surface area contributed by atoms with Crippen molar-refractivity contribution in [1.29, 1.82) is 0 Å². The number of hydrogen-bond donors (Lipinski definition) is 1. The molecule has 0 bridgehead atoms. The molecule has 0 saturated heterocycles. The molecule has 3 heterocycles. The first-order valence-corrected chi connectivity index (χ1v) is 6.28. The molecule has 3 rings (SSSR count). The maximum Gasteiger partial charge on any atom is 0.243 e.